The van der Waals surface area contributed by atoms with Gasteiger partial charge in [0, 0.05) is 17.6 Å². The second-order valence-electron chi connectivity index (χ2n) is 2.21. The Hall–Kier alpha value is -1.45. The fourth-order valence-corrected chi connectivity index (χ4v) is 0.936. The molecule has 0 saturated carbocycles. The van der Waals surface area contributed by atoms with Gasteiger partial charge in [0.05, 0.1) is 5.52 Å². The smallest absolute Gasteiger partial charge is 0.161 e. The van der Waals surface area contributed by atoms with Gasteiger partial charge in [0.25, 0.3) is 0 Å². The van der Waals surface area contributed by atoms with Gasteiger partial charge in [-0.05, 0) is 6.07 Å². The Bertz CT molecular complexity index is 358. The van der Waals surface area contributed by atoms with Crippen molar-refractivity contribution in [3.63, 3.8) is 0 Å². The molecule has 0 spiro atoms. The summed E-state index contributed by atoms with van der Waals surface area (Å²) in [5, 5.41) is 6.77. The molecule has 11 heavy (non-hydrogen) atoms. The van der Waals surface area contributed by atoms with Gasteiger partial charge in [0.15, 0.2) is 11.6 Å². The summed E-state index contributed by atoms with van der Waals surface area (Å²) < 4.78 is 25.0. The predicted octanol–water partition coefficient (Wildman–Crippen LogP) is 1.84. The van der Waals surface area contributed by atoms with Crippen molar-refractivity contribution in [2.75, 3.05) is 0 Å². The average Bonchev–Trinajstić information content (AvgIpc) is 2.36. The van der Waals surface area contributed by atoms with E-state index in [0.717, 1.165) is 12.1 Å². The molecule has 1 heterocycles. The number of nitrogens with one attached hydrogen (secondary N) is 1. The van der Waals surface area contributed by atoms with E-state index in [1.807, 2.05) is 0 Å². The molecule has 0 fully saturated rings. The topological polar surface area (TPSA) is 28.7 Å². The molecular weight excluding hydrogens is 150 g/mol. The number of aromatic nitrogens is 2. The van der Waals surface area contributed by atoms with Gasteiger partial charge in [-0.3, -0.25) is 5.10 Å². The first-order valence-electron chi connectivity index (χ1n) is 3.06. The van der Waals surface area contributed by atoms with Gasteiger partial charge in [-0.2, -0.15) is 5.10 Å². The van der Waals surface area contributed by atoms with Crippen molar-refractivity contribution in [2.24, 2.45) is 0 Å². The summed E-state index contributed by atoms with van der Waals surface area (Å²) in [6, 6.07) is 2.16. The SMILES string of the molecule is Fc1cc2c[nH]nc2cc1F. The third-order valence-electron chi connectivity index (χ3n) is 1.47. The second kappa shape index (κ2) is 2.02. The Kier molecular flexibility index (Phi) is 1.15. The van der Waals surface area contributed by atoms with Gasteiger partial charge >= 0.3 is 0 Å². The maximum Gasteiger partial charge on any atom is 0.161 e. The number of hydrogen-bond donors (Lipinski definition) is 1. The highest BCUT2D eigenvalue weighted by atomic mass is 19.2. The third-order valence-corrected chi connectivity index (χ3v) is 1.47. The molecule has 0 aliphatic rings. The van der Waals surface area contributed by atoms with E-state index in [1.165, 1.54) is 6.20 Å². The molecule has 0 unspecified atom stereocenters. The van der Waals surface area contributed by atoms with Crippen LogP contribution in [0.1, 0.15) is 0 Å². The van der Waals surface area contributed by atoms with E-state index >= 15 is 0 Å². The van der Waals surface area contributed by atoms with Crippen LogP contribution < -0.4 is 0 Å². The molecule has 2 nitrogen and oxygen atoms in total. The number of benzene rings is 1. The fraction of sp³-hybridized carbons (Fsp3) is 0. The van der Waals surface area contributed by atoms with E-state index in [0.29, 0.717) is 10.9 Å². The zero-order valence-electron chi connectivity index (χ0n) is 5.44. The zero-order valence-corrected chi connectivity index (χ0v) is 5.44. The van der Waals surface area contributed by atoms with Crippen molar-refractivity contribution in [3.8, 4) is 0 Å². The largest absolute Gasteiger partial charge is 0.285 e. The first-order valence-corrected chi connectivity index (χ1v) is 3.06. The van der Waals surface area contributed by atoms with Crippen LogP contribution in [0.4, 0.5) is 8.78 Å². The van der Waals surface area contributed by atoms with Crippen LogP contribution in [0, 0.1) is 11.6 Å². The summed E-state index contributed by atoms with van der Waals surface area (Å²) in [6.07, 6.45) is 1.51. The van der Waals surface area contributed by atoms with Gasteiger partial charge in [-0.1, -0.05) is 0 Å². The number of aromatic amines is 1. The molecule has 0 saturated heterocycles. The van der Waals surface area contributed by atoms with Crippen molar-refractivity contribution in [3.05, 3.63) is 30.0 Å². The third kappa shape index (κ3) is 0.869. The molecule has 0 atom stereocenters. The minimum absolute atomic E-state index is 0.434. The van der Waals surface area contributed by atoms with Crippen molar-refractivity contribution in [2.45, 2.75) is 0 Å². The van der Waals surface area contributed by atoms with Crippen LogP contribution in [0.25, 0.3) is 10.9 Å². The first kappa shape index (κ1) is 6.27. The molecule has 2 rings (SSSR count). The van der Waals surface area contributed by atoms with Gasteiger partial charge in [-0.15, -0.1) is 0 Å². The van der Waals surface area contributed by atoms with Crippen molar-refractivity contribution in [1.82, 2.24) is 10.2 Å². The van der Waals surface area contributed by atoms with E-state index < -0.39 is 11.6 Å². The molecule has 0 amide bonds. The molecular formula is C7H4F2N2. The van der Waals surface area contributed by atoms with Gasteiger partial charge in [0.1, 0.15) is 0 Å². The van der Waals surface area contributed by atoms with Crippen LogP contribution in [0.3, 0.4) is 0 Å². The summed E-state index contributed by atoms with van der Waals surface area (Å²) in [7, 11) is 0. The molecule has 1 aromatic heterocycles. The van der Waals surface area contributed by atoms with E-state index in [9.17, 15) is 8.78 Å². The molecule has 0 aliphatic carbocycles. The summed E-state index contributed by atoms with van der Waals surface area (Å²) in [5.74, 6) is -1.72. The zero-order chi connectivity index (χ0) is 7.84. The molecule has 0 aliphatic heterocycles. The maximum absolute atomic E-state index is 12.5. The Morgan fingerprint density at radius 3 is 2.73 bits per heavy atom. The summed E-state index contributed by atoms with van der Waals surface area (Å²) in [5.41, 5.74) is 0.434. The Morgan fingerprint density at radius 1 is 1.18 bits per heavy atom. The number of hydrogen-bond acceptors (Lipinski definition) is 1. The van der Waals surface area contributed by atoms with Crippen LogP contribution in [0.5, 0.6) is 0 Å². The van der Waals surface area contributed by atoms with E-state index in [1.54, 1.807) is 0 Å². The van der Waals surface area contributed by atoms with Crippen molar-refractivity contribution >= 4 is 10.9 Å². The lowest BCUT2D eigenvalue weighted by atomic mass is 10.2. The average molecular weight is 154 g/mol. The van der Waals surface area contributed by atoms with E-state index in [2.05, 4.69) is 10.2 Å². The molecule has 56 valence electrons. The second-order valence-corrected chi connectivity index (χ2v) is 2.21. The minimum atomic E-state index is -0.871. The number of nitrogens with zero attached hydrogens (tertiary/aromatic N) is 1. The molecule has 1 aromatic carbocycles. The Balaban J connectivity index is 2.86. The highest BCUT2D eigenvalue weighted by Gasteiger charge is 2.04. The van der Waals surface area contributed by atoms with Crippen LogP contribution >= 0.6 is 0 Å². The minimum Gasteiger partial charge on any atom is -0.285 e. The molecule has 2 aromatic rings. The number of halogens is 2. The predicted molar refractivity (Wildman–Crippen MR) is 36.0 cm³/mol. The standard InChI is InChI=1S/C7H4F2N2/c8-5-1-4-3-10-11-7(4)2-6(5)9/h1-3H,(H,10,11). The first-order chi connectivity index (χ1) is 5.27. The Morgan fingerprint density at radius 2 is 1.91 bits per heavy atom. The van der Waals surface area contributed by atoms with Gasteiger partial charge in [0.2, 0.25) is 0 Å². The lowest BCUT2D eigenvalue weighted by molar-refractivity contribution is 0.511. The van der Waals surface area contributed by atoms with E-state index in [4.69, 9.17) is 0 Å². The van der Waals surface area contributed by atoms with Gasteiger partial charge < -0.3 is 0 Å². The van der Waals surface area contributed by atoms with Crippen LogP contribution in [-0.4, -0.2) is 10.2 Å². The molecule has 0 bridgehead atoms. The lowest BCUT2D eigenvalue weighted by Gasteiger charge is -1.89. The number of rotatable bonds is 0. The number of fused-ring (bicyclic) bond motifs is 1. The highest BCUT2D eigenvalue weighted by Crippen LogP contribution is 2.14. The van der Waals surface area contributed by atoms with Crippen LogP contribution in [0.2, 0.25) is 0 Å². The molecule has 0 radical (unpaired) electrons. The summed E-state index contributed by atoms with van der Waals surface area (Å²) >= 11 is 0. The summed E-state index contributed by atoms with van der Waals surface area (Å²) in [6.45, 7) is 0. The normalized spacial score (nSPS) is 10.7. The van der Waals surface area contributed by atoms with Crippen molar-refractivity contribution in [1.29, 1.82) is 0 Å². The summed E-state index contributed by atoms with van der Waals surface area (Å²) in [4.78, 5) is 0. The van der Waals surface area contributed by atoms with E-state index in [-0.39, 0.29) is 0 Å². The quantitative estimate of drug-likeness (QED) is 0.616. The monoisotopic (exact) mass is 154 g/mol. The Labute approximate surface area is 60.8 Å². The maximum atomic E-state index is 12.5. The number of H-pyrrole nitrogens is 1. The van der Waals surface area contributed by atoms with Gasteiger partial charge in [-0.25, -0.2) is 8.78 Å². The molecule has 1 N–H and O–H groups in total. The van der Waals surface area contributed by atoms with Crippen LogP contribution in [-0.2, 0) is 0 Å². The fourth-order valence-electron chi connectivity index (χ4n) is 0.936. The van der Waals surface area contributed by atoms with Crippen molar-refractivity contribution < 1.29 is 8.78 Å². The van der Waals surface area contributed by atoms with Crippen LogP contribution in [0.15, 0.2) is 18.3 Å². The lowest BCUT2D eigenvalue weighted by Crippen LogP contribution is -1.81. The molecule has 4 heteroatoms. The highest BCUT2D eigenvalue weighted by molar-refractivity contribution is 5.77.